The molecule has 0 aliphatic carbocycles. The van der Waals surface area contributed by atoms with Crippen LogP contribution in [0, 0.1) is 0 Å². The van der Waals surface area contributed by atoms with E-state index in [1.807, 2.05) is 0 Å². The van der Waals surface area contributed by atoms with Crippen LogP contribution in [0.15, 0.2) is 0 Å². The number of hydrogen-bond donors (Lipinski definition) is 2. The molecule has 1 aliphatic rings. The summed E-state index contributed by atoms with van der Waals surface area (Å²) < 4.78 is 5.34. The summed E-state index contributed by atoms with van der Waals surface area (Å²) in [6.07, 6.45) is 4.01. The van der Waals surface area contributed by atoms with Gasteiger partial charge >= 0.3 is 0 Å². The maximum Gasteiger partial charge on any atom is 0.0662 e. The van der Waals surface area contributed by atoms with E-state index in [0.29, 0.717) is 5.73 Å². The average molecular weight is 178 g/mol. The highest BCUT2D eigenvalue weighted by atomic mass is 28.1. The highest BCUT2D eigenvalue weighted by Crippen LogP contribution is 2.08. The molecule has 0 aromatic heterocycles. The molecule has 0 bridgehead atoms. The van der Waals surface area contributed by atoms with E-state index in [0.717, 1.165) is 6.61 Å². The lowest BCUT2D eigenvalue weighted by atomic mass is 10.2. The largest absolute Gasteiger partial charge is 0.394 e. The first-order chi connectivity index (χ1) is 5.31. The number of hydrogen-bond acceptors (Lipinski definition) is 3. The molecule has 2 N–H and O–H groups in total. The normalized spacial score (nSPS) is 24.0. The van der Waals surface area contributed by atoms with E-state index in [-0.39, 0.29) is 13.2 Å². The van der Waals surface area contributed by atoms with Crippen LogP contribution in [-0.2, 0) is 4.74 Å². The van der Waals surface area contributed by atoms with Crippen molar-refractivity contribution in [1.82, 2.24) is 0 Å². The molecule has 1 aliphatic heterocycles. The molecule has 68 valence electrons. The van der Waals surface area contributed by atoms with Crippen molar-refractivity contribution in [1.29, 1.82) is 0 Å². The van der Waals surface area contributed by atoms with E-state index in [2.05, 4.69) is 0 Å². The van der Waals surface area contributed by atoms with Crippen LogP contribution < -0.4 is 0 Å². The molecule has 1 rings (SSSR count). The Labute approximate surface area is 70.8 Å². The highest BCUT2D eigenvalue weighted by molar-refractivity contribution is 6.10. The van der Waals surface area contributed by atoms with Crippen LogP contribution in [0.5, 0.6) is 0 Å². The Morgan fingerprint density at radius 1 is 1.27 bits per heavy atom. The van der Waals surface area contributed by atoms with Gasteiger partial charge in [-0.3, -0.25) is 0 Å². The molecule has 1 heterocycles. The number of rotatable bonds is 1. The quantitative estimate of drug-likeness (QED) is 0.499. The summed E-state index contributed by atoms with van der Waals surface area (Å²) in [5.74, 6) is 0. The second-order valence-corrected chi connectivity index (χ2v) is 3.91. The average Bonchev–Trinajstić information content (AvgIpc) is 2.07. The monoisotopic (exact) mass is 178 g/mol. The molecule has 0 saturated carbocycles. The summed E-state index contributed by atoms with van der Waals surface area (Å²) >= 11 is 0. The van der Waals surface area contributed by atoms with E-state index in [1.54, 1.807) is 0 Å². The van der Waals surface area contributed by atoms with Crippen LogP contribution in [0.2, 0.25) is 0 Å². The molecular weight excluding hydrogens is 160 g/mol. The third-order valence-corrected chi connectivity index (χ3v) is 2.42. The fourth-order valence-electron chi connectivity index (χ4n) is 0.902. The Morgan fingerprint density at radius 2 is 1.91 bits per heavy atom. The van der Waals surface area contributed by atoms with E-state index in [1.165, 1.54) is 29.5 Å². The van der Waals surface area contributed by atoms with Gasteiger partial charge in [0.2, 0.25) is 0 Å². The van der Waals surface area contributed by atoms with Crippen molar-refractivity contribution in [3.63, 3.8) is 0 Å². The first-order valence-corrected chi connectivity index (χ1v) is 5.30. The van der Waals surface area contributed by atoms with Gasteiger partial charge in [-0.15, -0.1) is 0 Å². The topological polar surface area (TPSA) is 49.7 Å². The molecule has 0 radical (unpaired) electrons. The summed E-state index contributed by atoms with van der Waals surface area (Å²) in [5, 5.41) is 15.2. The number of aliphatic hydroxyl groups is 2. The molecule has 3 nitrogen and oxygen atoms in total. The van der Waals surface area contributed by atoms with Crippen LogP contribution in [0.1, 0.15) is 19.3 Å². The summed E-state index contributed by atoms with van der Waals surface area (Å²) in [7, 11) is 1.23. The van der Waals surface area contributed by atoms with Crippen LogP contribution in [0.25, 0.3) is 0 Å². The van der Waals surface area contributed by atoms with Crippen molar-refractivity contribution in [3.05, 3.63) is 0 Å². The van der Waals surface area contributed by atoms with Crippen LogP contribution in [-0.4, -0.2) is 46.0 Å². The highest BCUT2D eigenvalue weighted by Gasteiger charge is 2.05. The Bertz CT molecular complexity index is 72.1. The lowest BCUT2D eigenvalue weighted by Crippen LogP contribution is -2.18. The summed E-state index contributed by atoms with van der Waals surface area (Å²) in [6, 6.07) is 0. The minimum absolute atomic E-state index is 0.125. The van der Waals surface area contributed by atoms with Crippen molar-refractivity contribution < 1.29 is 14.9 Å². The molecule has 1 fully saturated rings. The lowest BCUT2D eigenvalue weighted by Gasteiger charge is -2.17. The van der Waals surface area contributed by atoms with Crippen LogP contribution in [0.4, 0.5) is 0 Å². The Balaban J connectivity index is 0.000000218. The Hall–Kier alpha value is 0.0969. The van der Waals surface area contributed by atoms with Gasteiger partial charge in [-0.25, -0.2) is 0 Å². The minimum atomic E-state index is -0.125. The fraction of sp³-hybridized carbons (Fsp3) is 1.00. The molecule has 1 saturated heterocycles. The van der Waals surface area contributed by atoms with Gasteiger partial charge in [-0.1, -0.05) is 0 Å². The summed E-state index contributed by atoms with van der Waals surface area (Å²) in [4.78, 5) is 0. The molecule has 1 unspecified atom stereocenters. The van der Waals surface area contributed by atoms with E-state index < -0.39 is 0 Å². The maximum atomic E-state index is 7.62. The molecule has 0 aromatic carbocycles. The van der Waals surface area contributed by atoms with E-state index >= 15 is 0 Å². The molecule has 0 spiro atoms. The van der Waals surface area contributed by atoms with Gasteiger partial charge in [0.15, 0.2) is 0 Å². The molecule has 0 aromatic rings. The van der Waals surface area contributed by atoms with Gasteiger partial charge < -0.3 is 14.9 Å². The second kappa shape index (κ2) is 8.20. The summed E-state index contributed by atoms with van der Waals surface area (Å²) in [6.45, 7) is 0.772. The fourth-order valence-corrected chi connectivity index (χ4v) is 1.55. The smallest absolute Gasteiger partial charge is 0.0662 e. The molecule has 1 atom stereocenters. The lowest BCUT2D eigenvalue weighted by molar-refractivity contribution is 0.0675. The van der Waals surface area contributed by atoms with Crippen molar-refractivity contribution >= 4 is 10.2 Å². The summed E-state index contributed by atoms with van der Waals surface area (Å²) in [5.41, 5.74) is 0.675. The predicted molar refractivity (Wildman–Crippen MR) is 47.7 cm³/mol. The molecule has 4 heteroatoms. The Morgan fingerprint density at radius 3 is 2.09 bits per heavy atom. The van der Waals surface area contributed by atoms with Gasteiger partial charge in [-0.05, 0) is 19.3 Å². The number of aliphatic hydroxyl groups excluding tert-OH is 2. The zero-order chi connectivity index (χ0) is 8.53. The van der Waals surface area contributed by atoms with Gasteiger partial charge in [0, 0.05) is 22.6 Å². The van der Waals surface area contributed by atoms with Gasteiger partial charge in [0.05, 0.1) is 13.2 Å². The first-order valence-electron chi connectivity index (χ1n) is 4.14. The standard InChI is InChI=1S/C5H12OSi.C2H6O2/c7-5-3-1-2-4-6-5;3-1-2-4/h5H,1-4H2,7H3;3-4H,1-2H2. The zero-order valence-corrected chi connectivity index (χ0v) is 9.12. The molecule has 11 heavy (non-hydrogen) atoms. The van der Waals surface area contributed by atoms with Gasteiger partial charge in [0.1, 0.15) is 0 Å². The molecular formula is C7H18O3Si. The SMILES string of the molecule is OCCO.[SiH3]C1CCCCO1. The maximum absolute atomic E-state index is 7.62. The minimum Gasteiger partial charge on any atom is -0.394 e. The molecule has 0 amide bonds. The van der Waals surface area contributed by atoms with Gasteiger partial charge in [-0.2, -0.15) is 0 Å². The van der Waals surface area contributed by atoms with Crippen LogP contribution >= 0.6 is 0 Å². The predicted octanol–water partition coefficient (Wildman–Crippen LogP) is -1.15. The first kappa shape index (κ1) is 11.1. The van der Waals surface area contributed by atoms with Crippen molar-refractivity contribution in [2.45, 2.75) is 25.0 Å². The van der Waals surface area contributed by atoms with E-state index in [4.69, 9.17) is 14.9 Å². The second-order valence-electron chi connectivity index (χ2n) is 2.62. The van der Waals surface area contributed by atoms with Crippen LogP contribution in [0.3, 0.4) is 0 Å². The third-order valence-electron chi connectivity index (χ3n) is 1.51. The Kier molecular flexibility index (Phi) is 8.27. The third kappa shape index (κ3) is 8.00. The van der Waals surface area contributed by atoms with Crippen molar-refractivity contribution in [2.75, 3.05) is 19.8 Å². The van der Waals surface area contributed by atoms with Crippen molar-refractivity contribution in [3.8, 4) is 0 Å². The van der Waals surface area contributed by atoms with E-state index in [9.17, 15) is 0 Å². The van der Waals surface area contributed by atoms with Gasteiger partial charge in [0.25, 0.3) is 0 Å². The number of ether oxygens (including phenoxy) is 1. The zero-order valence-electron chi connectivity index (χ0n) is 7.12. The van der Waals surface area contributed by atoms with Crippen molar-refractivity contribution in [2.24, 2.45) is 0 Å².